The standard InChI is InChI=1S/C42H31N8O18S4.3Cu.4Na/c1-19-36(42(56)50(49-19)23-5-3-2-4-6-23)46-43-27-10-7-20(14-30(27)51)21-8-11-28(31(52)15-21)44-47-37-34(72(66,67)68)18-26-25(40(37)54)9-12-29(39(26)53)45-48-38-33(71(63,64)65)16-22-13-24(69(57,58)59)17-32(70(60,61)62)35(22)41(38)55;;;;;;;/h2-18,42,56H,1H3,(H9-,43,44,45,46,47,48,49,51,52,53,54,55,57,58,59,60,61,62,63,64,65,66,67,68);;;;;;;/q-1;;;;;3*+1/p-4. The Bertz CT molecular complexity index is 4100. The van der Waals surface area contributed by atoms with E-state index < -0.39 is 128 Å². The molecule has 0 bridgehead atoms. The van der Waals surface area contributed by atoms with Crippen LogP contribution in [0.25, 0.3) is 38.1 Å². The topological polar surface area (TPSA) is 442 Å². The number of hydrogen-bond donors (Lipinski definition) is 6. The summed E-state index contributed by atoms with van der Waals surface area (Å²) in [4.78, 5) is -5.71. The van der Waals surface area contributed by atoms with Crippen LogP contribution in [-0.4, -0.2) is 118 Å². The van der Waals surface area contributed by atoms with E-state index in [1.54, 1.807) is 37.3 Å². The molecule has 0 amide bonds. The van der Waals surface area contributed by atoms with Crippen LogP contribution < -0.4 is 93.7 Å². The first-order chi connectivity index (χ1) is 33.6. The summed E-state index contributed by atoms with van der Waals surface area (Å²) in [5.74, 6) is -4.65. The zero-order valence-corrected chi connectivity index (χ0v) is 54.7. The van der Waals surface area contributed by atoms with Crippen LogP contribution in [-0.2, 0) is 91.7 Å². The quantitative estimate of drug-likeness (QED) is 0.0426. The monoisotopic (exact) mass is 1340 g/mol. The fourth-order valence-corrected chi connectivity index (χ4v) is 9.80. The van der Waals surface area contributed by atoms with Crippen molar-refractivity contribution in [1.29, 1.82) is 0 Å². The first-order valence-corrected chi connectivity index (χ1v) is 25.3. The Kier molecular flexibility index (Phi) is 27.1. The van der Waals surface area contributed by atoms with Gasteiger partial charge in [-0.25, -0.2) is 33.7 Å². The van der Waals surface area contributed by atoms with Gasteiger partial charge in [0.1, 0.15) is 80.4 Å². The normalized spacial score (nSPS) is 13.6. The summed E-state index contributed by atoms with van der Waals surface area (Å²) < 4.78 is 146. The molecule has 4 radical (unpaired) electrons. The van der Waals surface area contributed by atoms with E-state index in [0.29, 0.717) is 34.6 Å². The van der Waals surface area contributed by atoms with Gasteiger partial charge in [0, 0.05) is 103 Å². The number of aliphatic hydroxyl groups is 1. The number of rotatable bonds is 12. The molecule has 1 aliphatic rings. The van der Waals surface area contributed by atoms with E-state index in [1.807, 2.05) is 0 Å². The maximum Gasteiger partial charge on any atom is 1.00 e. The van der Waals surface area contributed by atoms with Gasteiger partial charge in [-0.15, -0.1) is 31.3 Å². The number of para-hydroxylation sites is 1. The molecule has 0 aliphatic carbocycles. The minimum atomic E-state index is -5.77. The van der Waals surface area contributed by atoms with Crippen LogP contribution in [0.5, 0.6) is 28.7 Å². The van der Waals surface area contributed by atoms with Crippen molar-refractivity contribution in [2.75, 3.05) is 5.01 Å². The molecule has 0 saturated carbocycles. The Labute approximate surface area is 568 Å². The van der Waals surface area contributed by atoms with E-state index in [0.717, 1.165) is 12.1 Å². The van der Waals surface area contributed by atoms with Crippen molar-refractivity contribution in [2.24, 2.45) is 30.7 Å². The summed E-state index contributed by atoms with van der Waals surface area (Å²) in [6.45, 7) is 1.63. The van der Waals surface area contributed by atoms with E-state index in [9.17, 15) is 82.5 Å². The summed E-state index contributed by atoms with van der Waals surface area (Å²) in [6, 6.07) is 19.9. The molecule has 8 rings (SSSR count). The summed E-state index contributed by atoms with van der Waals surface area (Å²) in [5, 5.41) is 86.7. The molecule has 7 aromatic carbocycles. The van der Waals surface area contributed by atoms with Gasteiger partial charge in [0.25, 0.3) is 0 Å². The first kappa shape index (κ1) is 74.4. The Balaban J connectivity index is 0.00000446. The van der Waals surface area contributed by atoms with Gasteiger partial charge in [0.15, 0.2) is 23.5 Å². The fraction of sp³-hybridized carbons (Fsp3) is 0.0476. The van der Waals surface area contributed by atoms with Crippen molar-refractivity contribution < 1.29 is 222 Å². The number of fused-ring (bicyclic) bond motifs is 2. The Morgan fingerprint density at radius 3 is 1.47 bits per heavy atom. The third kappa shape index (κ3) is 16.0. The van der Waals surface area contributed by atoms with Gasteiger partial charge >= 0.3 is 88.7 Å². The van der Waals surface area contributed by atoms with Crippen molar-refractivity contribution in [2.45, 2.75) is 32.7 Å². The van der Waals surface area contributed by atoms with E-state index in [-0.39, 0.29) is 204 Å². The van der Waals surface area contributed by atoms with Gasteiger partial charge in [0.2, 0.25) is 0 Å². The molecule has 1 atom stereocenters. The fourth-order valence-electron chi connectivity index (χ4n) is 7.18. The molecule has 0 fully saturated rings. The number of allylic oxidation sites excluding steroid dienone is 1. The Morgan fingerprint density at radius 2 is 0.975 bits per heavy atom. The van der Waals surface area contributed by atoms with Crippen molar-refractivity contribution >= 4 is 126 Å². The largest absolute Gasteiger partial charge is 1.00 e. The molecule has 7 aromatic rings. The molecule has 0 saturated heterocycles. The summed E-state index contributed by atoms with van der Waals surface area (Å²) in [5.41, 5.74) is 2.66. The number of aliphatic hydroxyl groups excluding tert-OH is 1. The molecule has 37 heteroatoms. The van der Waals surface area contributed by atoms with E-state index in [4.69, 9.17) is 0 Å². The maximum atomic E-state index is 12.5. The summed E-state index contributed by atoms with van der Waals surface area (Å²) in [7, 11) is -22.7. The molecule has 0 spiro atoms. The Hall–Kier alpha value is -2.64. The molecule has 0 aromatic heterocycles. The van der Waals surface area contributed by atoms with Gasteiger partial charge < -0.3 is 59.3 Å². The first-order valence-electron chi connectivity index (χ1n) is 19.7. The number of benzene rings is 7. The molecule has 1 unspecified atom stereocenters. The molecule has 6 N–H and O–H groups in total. The van der Waals surface area contributed by atoms with Crippen LogP contribution in [0, 0.1) is 0 Å². The molecule has 1 aliphatic heterocycles. The summed E-state index contributed by atoms with van der Waals surface area (Å²) >= 11 is 0. The van der Waals surface area contributed by atoms with Crippen LogP contribution in [0.1, 0.15) is 6.92 Å². The van der Waals surface area contributed by atoms with Gasteiger partial charge in [0.05, 0.1) is 25.3 Å². The second-order valence-electron chi connectivity index (χ2n) is 15.1. The number of aromatic hydroxyl groups is 5. The second kappa shape index (κ2) is 28.8. The molecular formula is C42H27Cu3N8Na4O18S4-2. The van der Waals surface area contributed by atoms with Crippen LogP contribution >= 0.6 is 0 Å². The van der Waals surface area contributed by atoms with Gasteiger partial charge in [-0.3, -0.25) is 0 Å². The van der Waals surface area contributed by atoms with Crippen molar-refractivity contribution in [3.8, 4) is 39.9 Å². The Morgan fingerprint density at radius 1 is 0.506 bits per heavy atom. The van der Waals surface area contributed by atoms with E-state index in [2.05, 4.69) is 36.1 Å². The number of azo groups is 3. The average molecular weight is 1340 g/mol. The van der Waals surface area contributed by atoms with Crippen LogP contribution in [0.4, 0.5) is 34.1 Å². The van der Waals surface area contributed by atoms with Crippen LogP contribution in [0.2, 0.25) is 0 Å². The SMILES string of the molecule is CC1=C(N=Nc2ccc(-c3ccc(N=Nc4c(S(=O)(=O)[O-])cc5c(O)c(N=Nc6c(S(=O)(=O)[O-])cc7cc(S(=O)(=O)[O-])cc(S(=O)(=O)[O-])c7c6O)ccc5c4O)c(O)c3)cc2O)C(O)N(c2ccccc2)[N-]1.[Cu].[Cu].[Cu].[Na+].[Na+].[Na+].[Na]. The molecular weight excluding hydrogens is 1320 g/mol. The third-order valence-corrected chi connectivity index (χ3v) is 13.9. The average Bonchev–Trinajstić information content (AvgIpc) is 3.58. The molecule has 26 nitrogen and oxygen atoms in total. The number of phenols is 5. The van der Waals surface area contributed by atoms with E-state index in [1.165, 1.54) is 41.4 Å². The number of hydrogen-bond acceptors (Lipinski definition) is 25. The smallest absolute Gasteiger partial charge is 0.744 e. The maximum absolute atomic E-state index is 12.5. The van der Waals surface area contributed by atoms with Crippen molar-refractivity contribution in [3.05, 3.63) is 120 Å². The number of nitrogens with zero attached hydrogens (tertiary/aromatic N) is 8. The minimum absolute atomic E-state index is 0. The zero-order valence-electron chi connectivity index (χ0n) is 40.6. The van der Waals surface area contributed by atoms with Gasteiger partial charge in [-0.2, -0.15) is 5.11 Å². The third-order valence-electron chi connectivity index (χ3n) is 10.6. The molecule has 1 heterocycles. The van der Waals surface area contributed by atoms with Crippen LogP contribution in [0.15, 0.2) is 165 Å². The second-order valence-corrected chi connectivity index (χ2v) is 20.6. The summed E-state index contributed by atoms with van der Waals surface area (Å²) in [6.07, 6.45) is -1.25. The number of anilines is 1. The van der Waals surface area contributed by atoms with Crippen LogP contribution in [0.3, 0.4) is 0 Å². The van der Waals surface area contributed by atoms with E-state index >= 15 is 0 Å². The predicted molar refractivity (Wildman–Crippen MR) is 250 cm³/mol. The van der Waals surface area contributed by atoms with Crippen molar-refractivity contribution in [1.82, 2.24) is 0 Å². The number of phenolic OH excluding ortho intramolecular Hbond substituents is 5. The zero-order chi connectivity index (χ0) is 52.4. The molecule has 406 valence electrons. The van der Waals surface area contributed by atoms with Crippen molar-refractivity contribution in [3.63, 3.8) is 0 Å². The minimum Gasteiger partial charge on any atom is -0.744 e. The van der Waals surface area contributed by atoms with Gasteiger partial charge in [-0.05, 0) is 89.3 Å². The predicted octanol–water partition coefficient (Wildman–Crippen LogP) is -2.30. The van der Waals surface area contributed by atoms with Gasteiger partial charge in [-0.1, -0.05) is 37.3 Å². The molecule has 79 heavy (non-hydrogen) atoms.